The van der Waals surface area contributed by atoms with Gasteiger partial charge in [-0.2, -0.15) is 19.6 Å². The summed E-state index contributed by atoms with van der Waals surface area (Å²) in [6, 6.07) is 9.73. The largest absolute Gasteiger partial charge is 0.389 e. The number of aromatic nitrogens is 6. The maximum Gasteiger partial charge on any atom is 0.230 e. The molecule has 0 spiro atoms. The zero-order chi connectivity index (χ0) is 21.6. The Labute approximate surface area is 180 Å². The molecule has 0 atom stereocenters. The third kappa shape index (κ3) is 3.88. The number of hydrogen-bond donors (Lipinski definition) is 2. The Morgan fingerprint density at radius 1 is 1.03 bits per heavy atom. The molecule has 4 aromatic rings. The van der Waals surface area contributed by atoms with Gasteiger partial charge in [0.25, 0.3) is 0 Å². The molecule has 2 N–H and O–H groups in total. The van der Waals surface area contributed by atoms with Gasteiger partial charge >= 0.3 is 0 Å². The molecule has 1 aliphatic rings. The van der Waals surface area contributed by atoms with Gasteiger partial charge in [0.1, 0.15) is 11.4 Å². The van der Waals surface area contributed by atoms with Gasteiger partial charge in [-0.15, -0.1) is 0 Å². The molecule has 0 radical (unpaired) electrons. The first-order valence-electron chi connectivity index (χ1n) is 10.6. The van der Waals surface area contributed by atoms with Crippen molar-refractivity contribution in [3.05, 3.63) is 36.0 Å². The van der Waals surface area contributed by atoms with Gasteiger partial charge in [-0.3, -0.25) is 0 Å². The van der Waals surface area contributed by atoms with Crippen molar-refractivity contribution in [3.63, 3.8) is 0 Å². The average molecular weight is 419 g/mol. The molecule has 31 heavy (non-hydrogen) atoms. The molecule has 0 unspecified atom stereocenters. The summed E-state index contributed by atoms with van der Waals surface area (Å²) in [6.45, 7) is 7.66. The standard InChI is InChI=1S/C22H26N8O/c1-14-19(25-16-9-5-4-8-15(16)24-14)17-12-18-26-21(29-10-6-7-11-29)27-20(30(18)28-17)23-13-22(2,3)31/h4-5,8-9,12,31H,6-7,10-11,13H2,1-3H3,(H,23,26,27). The summed E-state index contributed by atoms with van der Waals surface area (Å²) in [7, 11) is 0. The van der Waals surface area contributed by atoms with E-state index in [1.807, 2.05) is 37.3 Å². The summed E-state index contributed by atoms with van der Waals surface area (Å²) in [5.41, 5.74) is 3.69. The molecule has 0 bridgehead atoms. The number of anilines is 2. The fraction of sp³-hybridized carbons (Fsp3) is 0.409. The summed E-state index contributed by atoms with van der Waals surface area (Å²) >= 11 is 0. The molecule has 1 aromatic carbocycles. The number of rotatable bonds is 5. The van der Waals surface area contributed by atoms with Crippen molar-refractivity contribution >= 4 is 28.6 Å². The number of aliphatic hydroxyl groups is 1. The molecule has 160 valence electrons. The number of para-hydroxylation sites is 2. The van der Waals surface area contributed by atoms with Crippen molar-refractivity contribution in [2.75, 3.05) is 29.9 Å². The van der Waals surface area contributed by atoms with Crippen molar-refractivity contribution in [3.8, 4) is 11.4 Å². The van der Waals surface area contributed by atoms with Crippen LogP contribution in [0.3, 0.4) is 0 Å². The summed E-state index contributed by atoms with van der Waals surface area (Å²) in [4.78, 5) is 21.2. The van der Waals surface area contributed by atoms with E-state index in [2.05, 4.69) is 15.2 Å². The number of nitrogens with zero attached hydrogens (tertiary/aromatic N) is 7. The Morgan fingerprint density at radius 2 is 1.74 bits per heavy atom. The van der Waals surface area contributed by atoms with Gasteiger partial charge in [0.2, 0.25) is 11.9 Å². The quantitative estimate of drug-likeness (QED) is 0.510. The van der Waals surface area contributed by atoms with Crippen LogP contribution in [-0.4, -0.2) is 59.9 Å². The highest BCUT2D eigenvalue weighted by molar-refractivity contribution is 5.78. The van der Waals surface area contributed by atoms with Crippen LogP contribution in [-0.2, 0) is 0 Å². The highest BCUT2D eigenvalue weighted by Gasteiger charge is 2.21. The smallest absolute Gasteiger partial charge is 0.230 e. The maximum atomic E-state index is 10.2. The second-order valence-corrected chi connectivity index (χ2v) is 8.65. The molecular weight excluding hydrogens is 392 g/mol. The van der Waals surface area contributed by atoms with Gasteiger partial charge in [-0.1, -0.05) is 12.1 Å². The van der Waals surface area contributed by atoms with E-state index in [1.54, 1.807) is 18.4 Å². The van der Waals surface area contributed by atoms with Gasteiger partial charge in [-0.25, -0.2) is 9.97 Å². The van der Waals surface area contributed by atoms with Crippen LogP contribution < -0.4 is 10.2 Å². The van der Waals surface area contributed by atoms with Gasteiger partial charge in [0, 0.05) is 25.7 Å². The van der Waals surface area contributed by atoms with Crippen molar-refractivity contribution in [2.24, 2.45) is 0 Å². The molecule has 3 aromatic heterocycles. The van der Waals surface area contributed by atoms with E-state index in [0.29, 0.717) is 29.8 Å². The van der Waals surface area contributed by atoms with E-state index in [0.717, 1.165) is 48.4 Å². The molecule has 0 amide bonds. The normalized spacial score (nSPS) is 14.6. The summed E-state index contributed by atoms with van der Waals surface area (Å²) in [5.74, 6) is 1.22. The zero-order valence-electron chi connectivity index (χ0n) is 18.0. The van der Waals surface area contributed by atoms with Gasteiger partial charge in [-0.05, 0) is 45.7 Å². The number of aryl methyl sites for hydroxylation is 1. The van der Waals surface area contributed by atoms with Crippen molar-refractivity contribution < 1.29 is 5.11 Å². The Morgan fingerprint density at radius 3 is 2.45 bits per heavy atom. The first-order chi connectivity index (χ1) is 14.9. The molecule has 9 heteroatoms. The molecule has 1 saturated heterocycles. The van der Waals surface area contributed by atoms with E-state index in [1.165, 1.54) is 0 Å². The van der Waals surface area contributed by atoms with Crippen LogP contribution in [0, 0.1) is 6.92 Å². The fourth-order valence-electron chi connectivity index (χ4n) is 3.79. The Bertz CT molecular complexity index is 1250. The Hall–Kier alpha value is -3.33. The van der Waals surface area contributed by atoms with E-state index < -0.39 is 5.60 Å². The van der Waals surface area contributed by atoms with Crippen LogP contribution in [0.4, 0.5) is 11.9 Å². The van der Waals surface area contributed by atoms with Crippen LogP contribution in [0.5, 0.6) is 0 Å². The highest BCUT2D eigenvalue weighted by Crippen LogP contribution is 2.26. The monoisotopic (exact) mass is 418 g/mol. The third-order valence-electron chi connectivity index (χ3n) is 5.37. The summed E-state index contributed by atoms with van der Waals surface area (Å²) in [5, 5.41) is 18.2. The zero-order valence-corrected chi connectivity index (χ0v) is 18.0. The Balaban J connectivity index is 1.63. The summed E-state index contributed by atoms with van der Waals surface area (Å²) < 4.78 is 1.68. The Kier molecular flexibility index (Phi) is 4.70. The van der Waals surface area contributed by atoms with Crippen LogP contribution in [0.2, 0.25) is 0 Å². The SMILES string of the molecule is Cc1nc2ccccc2nc1-c1cc2nc(N3CCCC3)nc(NCC(C)(C)O)n2n1. The minimum absolute atomic E-state index is 0.336. The lowest BCUT2D eigenvalue weighted by molar-refractivity contribution is 0.0942. The van der Waals surface area contributed by atoms with Crippen molar-refractivity contribution in [1.82, 2.24) is 29.5 Å². The molecule has 4 heterocycles. The van der Waals surface area contributed by atoms with Crippen LogP contribution in [0.15, 0.2) is 30.3 Å². The van der Waals surface area contributed by atoms with E-state index >= 15 is 0 Å². The predicted octanol–water partition coefficient (Wildman–Crippen LogP) is 2.83. The van der Waals surface area contributed by atoms with E-state index in [-0.39, 0.29) is 0 Å². The molecule has 0 aliphatic carbocycles. The van der Waals surface area contributed by atoms with Gasteiger partial charge in [0.05, 0.1) is 22.3 Å². The molecular formula is C22H26N8O. The van der Waals surface area contributed by atoms with E-state index in [9.17, 15) is 5.11 Å². The van der Waals surface area contributed by atoms with Crippen molar-refractivity contribution in [2.45, 2.75) is 39.2 Å². The first kappa shape index (κ1) is 19.6. The van der Waals surface area contributed by atoms with Crippen molar-refractivity contribution in [1.29, 1.82) is 0 Å². The lowest BCUT2D eigenvalue weighted by atomic mass is 10.1. The number of benzene rings is 1. The van der Waals surface area contributed by atoms with Crippen LogP contribution >= 0.6 is 0 Å². The molecule has 9 nitrogen and oxygen atoms in total. The molecule has 0 saturated carbocycles. The first-order valence-corrected chi connectivity index (χ1v) is 10.6. The fourth-order valence-corrected chi connectivity index (χ4v) is 3.79. The number of nitrogens with one attached hydrogen (secondary N) is 1. The average Bonchev–Trinajstić information content (AvgIpc) is 3.40. The molecule has 5 rings (SSSR count). The topological polar surface area (TPSA) is 104 Å². The summed E-state index contributed by atoms with van der Waals surface area (Å²) in [6.07, 6.45) is 2.27. The maximum absolute atomic E-state index is 10.2. The molecule has 1 fully saturated rings. The van der Waals surface area contributed by atoms with Gasteiger partial charge in [0.15, 0.2) is 5.65 Å². The second kappa shape index (κ2) is 7.42. The number of fused-ring (bicyclic) bond motifs is 2. The highest BCUT2D eigenvalue weighted by atomic mass is 16.3. The number of hydrogen-bond acceptors (Lipinski definition) is 8. The van der Waals surface area contributed by atoms with Crippen LogP contribution in [0.1, 0.15) is 32.4 Å². The lowest BCUT2D eigenvalue weighted by Gasteiger charge is -2.20. The van der Waals surface area contributed by atoms with Crippen LogP contribution in [0.25, 0.3) is 28.1 Å². The minimum atomic E-state index is -0.887. The van der Waals surface area contributed by atoms with Gasteiger partial charge < -0.3 is 15.3 Å². The third-order valence-corrected chi connectivity index (χ3v) is 5.37. The predicted molar refractivity (Wildman–Crippen MR) is 120 cm³/mol. The second-order valence-electron chi connectivity index (χ2n) is 8.65. The van der Waals surface area contributed by atoms with E-state index in [4.69, 9.17) is 20.1 Å². The molecule has 1 aliphatic heterocycles. The minimum Gasteiger partial charge on any atom is -0.389 e. The lowest BCUT2D eigenvalue weighted by Crippen LogP contribution is -2.31.